The molecule has 2 aromatic rings. The molecular weight excluding hydrogens is 464 g/mol. The van der Waals surface area contributed by atoms with Crippen LogP contribution < -0.4 is 14.2 Å². The summed E-state index contributed by atoms with van der Waals surface area (Å²) in [5.41, 5.74) is 0. The molecule has 6 nitrogen and oxygen atoms in total. The van der Waals surface area contributed by atoms with Crippen LogP contribution in [0.1, 0.15) is 91.9 Å². The highest BCUT2D eigenvalue weighted by Crippen LogP contribution is 2.51. The minimum atomic E-state index is -0.553. The van der Waals surface area contributed by atoms with E-state index in [1.165, 1.54) is 83.9 Å². The molecule has 0 amide bonds. The molecular formula is C28H38O6S. The molecule has 0 radical (unpaired) electrons. The van der Waals surface area contributed by atoms with Gasteiger partial charge in [-0.05, 0) is 12.2 Å². The zero-order valence-electron chi connectivity index (χ0n) is 21.4. The van der Waals surface area contributed by atoms with Gasteiger partial charge in [-0.25, -0.2) is 0 Å². The van der Waals surface area contributed by atoms with E-state index in [2.05, 4.69) is 6.92 Å². The van der Waals surface area contributed by atoms with Gasteiger partial charge in [0.25, 0.3) is 0 Å². The van der Waals surface area contributed by atoms with Crippen LogP contribution in [0.15, 0.2) is 29.2 Å². The number of hydrogen-bond donors (Lipinski definition) is 0. The molecule has 0 aliphatic heterocycles. The SMILES string of the molecule is CCCCCCCCCCCCSc1c(OC(C)=O)c(OC(C)=O)c2ccccc2c1OC(C)=O. The lowest BCUT2D eigenvalue weighted by Gasteiger charge is -2.19. The first kappa shape index (κ1) is 28.7. The number of carbonyl (C=O) groups is 3. The lowest BCUT2D eigenvalue weighted by Crippen LogP contribution is -2.11. The largest absolute Gasteiger partial charge is 0.425 e. The first-order chi connectivity index (χ1) is 16.8. The van der Waals surface area contributed by atoms with Crippen LogP contribution >= 0.6 is 11.8 Å². The zero-order valence-corrected chi connectivity index (χ0v) is 22.3. The monoisotopic (exact) mass is 502 g/mol. The highest BCUT2D eigenvalue weighted by atomic mass is 32.2. The summed E-state index contributed by atoms with van der Waals surface area (Å²) in [6.07, 6.45) is 12.3. The smallest absolute Gasteiger partial charge is 0.308 e. The summed E-state index contributed by atoms with van der Waals surface area (Å²) >= 11 is 1.45. The van der Waals surface area contributed by atoms with Gasteiger partial charge in [-0.15, -0.1) is 11.8 Å². The topological polar surface area (TPSA) is 78.9 Å². The second-order valence-electron chi connectivity index (χ2n) is 8.67. The van der Waals surface area contributed by atoms with Crippen molar-refractivity contribution in [1.29, 1.82) is 0 Å². The maximum atomic E-state index is 12.0. The lowest BCUT2D eigenvalue weighted by molar-refractivity contribution is -0.134. The molecule has 0 heterocycles. The lowest BCUT2D eigenvalue weighted by atomic mass is 10.1. The van der Waals surface area contributed by atoms with Gasteiger partial charge in [0.05, 0.1) is 4.90 Å². The summed E-state index contributed by atoms with van der Waals surface area (Å²) in [6.45, 7) is 6.15. The summed E-state index contributed by atoms with van der Waals surface area (Å²) in [5.74, 6) is -0.235. The van der Waals surface area contributed by atoms with E-state index in [0.717, 1.165) is 18.6 Å². The van der Waals surface area contributed by atoms with Gasteiger partial charge in [0.2, 0.25) is 0 Å². The molecule has 0 atom stereocenters. The van der Waals surface area contributed by atoms with E-state index >= 15 is 0 Å². The van der Waals surface area contributed by atoms with Crippen LogP contribution in [0.4, 0.5) is 0 Å². The van der Waals surface area contributed by atoms with E-state index < -0.39 is 17.9 Å². The number of unbranched alkanes of at least 4 members (excludes halogenated alkanes) is 9. The van der Waals surface area contributed by atoms with E-state index in [-0.39, 0.29) is 11.5 Å². The van der Waals surface area contributed by atoms with Crippen LogP contribution in [0.2, 0.25) is 0 Å². The van der Waals surface area contributed by atoms with Crippen LogP contribution in [0.5, 0.6) is 17.2 Å². The maximum absolute atomic E-state index is 12.0. The standard InChI is InChI=1S/C28H38O6S/c1-5-6-7-8-9-10-11-12-13-16-19-35-28-26(33-21(3)30)24-18-15-14-17-23(24)25(32-20(2)29)27(28)34-22(4)31/h14-15,17-18H,5-13,16,19H2,1-4H3. The van der Waals surface area contributed by atoms with Crippen molar-refractivity contribution in [3.05, 3.63) is 24.3 Å². The highest BCUT2D eigenvalue weighted by Gasteiger charge is 2.26. The summed E-state index contributed by atoms with van der Waals surface area (Å²) < 4.78 is 16.6. The molecule has 2 rings (SSSR count). The molecule has 7 heteroatoms. The Hall–Kier alpha value is -2.54. The molecule has 0 N–H and O–H groups in total. The molecule has 0 saturated carbocycles. The van der Waals surface area contributed by atoms with Crippen LogP contribution in [0, 0.1) is 0 Å². The molecule has 0 spiro atoms. The minimum Gasteiger partial charge on any atom is -0.425 e. The third-order valence-electron chi connectivity index (χ3n) is 5.52. The van der Waals surface area contributed by atoms with E-state index in [1.807, 2.05) is 6.07 Å². The van der Waals surface area contributed by atoms with Crippen molar-refractivity contribution < 1.29 is 28.6 Å². The molecule has 0 bridgehead atoms. The second kappa shape index (κ2) is 15.5. The molecule has 0 aliphatic rings. The Morgan fingerprint density at radius 1 is 0.629 bits per heavy atom. The van der Waals surface area contributed by atoms with Crippen LogP contribution in [0.25, 0.3) is 10.8 Å². The second-order valence-corrected chi connectivity index (χ2v) is 9.78. The predicted octanol–water partition coefficient (Wildman–Crippen LogP) is 7.63. The van der Waals surface area contributed by atoms with Crippen molar-refractivity contribution in [1.82, 2.24) is 0 Å². The summed E-state index contributed by atoms with van der Waals surface area (Å²) in [7, 11) is 0. The van der Waals surface area contributed by atoms with Crippen molar-refractivity contribution in [3.8, 4) is 17.2 Å². The van der Waals surface area contributed by atoms with Crippen LogP contribution in [0.3, 0.4) is 0 Å². The van der Waals surface area contributed by atoms with Crippen molar-refractivity contribution in [2.24, 2.45) is 0 Å². The number of rotatable bonds is 15. The molecule has 0 saturated heterocycles. The number of esters is 3. The summed E-state index contributed by atoms with van der Waals surface area (Å²) in [4.78, 5) is 36.3. The van der Waals surface area contributed by atoms with Gasteiger partial charge >= 0.3 is 17.9 Å². The van der Waals surface area contributed by atoms with Gasteiger partial charge < -0.3 is 14.2 Å². The predicted molar refractivity (Wildman–Crippen MR) is 140 cm³/mol. The van der Waals surface area contributed by atoms with Gasteiger partial charge in [0, 0.05) is 31.5 Å². The molecule has 0 fully saturated rings. The summed E-state index contributed by atoms with van der Waals surface area (Å²) in [6, 6.07) is 7.13. The van der Waals surface area contributed by atoms with Gasteiger partial charge in [-0.2, -0.15) is 0 Å². The highest BCUT2D eigenvalue weighted by molar-refractivity contribution is 7.99. The third-order valence-corrected chi connectivity index (χ3v) is 6.67. The van der Waals surface area contributed by atoms with E-state index in [9.17, 15) is 14.4 Å². The number of carbonyl (C=O) groups excluding carboxylic acids is 3. The van der Waals surface area contributed by atoms with Crippen LogP contribution in [-0.4, -0.2) is 23.7 Å². The Kier molecular flexibility index (Phi) is 12.7. The Bertz CT molecular complexity index is 1000. The van der Waals surface area contributed by atoms with Gasteiger partial charge in [0.1, 0.15) is 0 Å². The van der Waals surface area contributed by atoms with Gasteiger partial charge in [-0.1, -0.05) is 89.0 Å². The fourth-order valence-electron chi connectivity index (χ4n) is 3.95. The zero-order chi connectivity index (χ0) is 25.6. The Morgan fingerprint density at radius 2 is 1.06 bits per heavy atom. The maximum Gasteiger partial charge on any atom is 0.308 e. The number of fused-ring (bicyclic) bond motifs is 1. The first-order valence-corrected chi connectivity index (χ1v) is 13.6. The van der Waals surface area contributed by atoms with Crippen molar-refractivity contribution in [2.75, 3.05) is 5.75 Å². The first-order valence-electron chi connectivity index (χ1n) is 12.6. The fraction of sp³-hybridized carbons (Fsp3) is 0.536. The third kappa shape index (κ3) is 9.55. The normalized spacial score (nSPS) is 10.9. The summed E-state index contributed by atoms with van der Waals surface area (Å²) in [5, 5.41) is 1.14. The van der Waals surface area contributed by atoms with E-state index in [4.69, 9.17) is 14.2 Å². The van der Waals surface area contributed by atoms with E-state index in [1.54, 1.807) is 18.2 Å². The van der Waals surface area contributed by atoms with Crippen molar-refractivity contribution in [2.45, 2.75) is 96.8 Å². The van der Waals surface area contributed by atoms with Crippen LogP contribution in [-0.2, 0) is 14.4 Å². The van der Waals surface area contributed by atoms with Gasteiger partial charge in [0.15, 0.2) is 17.2 Å². The quantitative estimate of drug-likeness (QED) is 0.107. The fourth-order valence-corrected chi connectivity index (χ4v) is 5.05. The number of hydrogen-bond acceptors (Lipinski definition) is 7. The van der Waals surface area contributed by atoms with Crippen molar-refractivity contribution in [3.63, 3.8) is 0 Å². The number of benzene rings is 2. The van der Waals surface area contributed by atoms with Gasteiger partial charge in [-0.3, -0.25) is 14.4 Å². The number of ether oxygens (including phenoxy) is 3. The molecule has 2 aromatic carbocycles. The molecule has 0 unspecified atom stereocenters. The average Bonchev–Trinajstić information content (AvgIpc) is 2.80. The molecule has 0 aromatic heterocycles. The number of thioether (sulfide) groups is 1. The average molecular weight is 503 g/mol. The Balaban J connectivity index is 2.20. The van der Waals surface area contributed by atoms with E-state index in [0.29, 0.717) is 21.4 Å². The molecule has 192 valence electrons. The minimum absolute atomic E-state index is 0.111. The molecule has 35 heavy (non-hydrogen) atoms. The van der Waals surface area contributed by atoms with Crippen molar-refractivity contribution >= 4 is 40.4 Å². The Labute approximate surface area is 213 Å². The molecule has 0 aliphatic carbocycles. The Morgan fingerprint density at radius 3 is 1.57 bits per heavy atom.